The second-order valence-corrected chi connectivity index (χ2v) is 9.40. The van der Waals surface area contributed by atoms with Gasteiger partial charge in [0.1, 0.15) is 12.8 Å². The van der Waals surface area contributed by atoms with Crippen molar-refractivity contribution in [2.24, 2.45) is 5.16 Å². The minimum Gasteiger partial charge on any atom is -0.462 e. The largest absolute Gasteiger partial charge is 0.462 e. The molecular weight excluding hydrogens is 374 g/mol. The highest BCUT2D eigenvalue weighted by molar-refractivity contribution is 6.14. The quantitative estimate of drug-likeness (QED) is 0.351. The molecule has 0 unspecified atom stereocenters. The minimum absolute atomic E-state index is 0.110. The fourth-order valence-electron chi connectivity index (χ4n) is 4.30. The van der Waals surface area contributed by atoms with Gasteiger partial charge in [0.25, 0.3) is 0 Å². The number of hydrogen-bond donors (Lipinski definition) is 0. The molecule has 0 amide bonds. The lowest BCUT2D eigenvalue weighted by Crippen LogP contribution is -2.34. The van der Waals surface area contributed by atoms with E-state index in [-0.39, 0.29) is 16.8 Å². The molecular formula is C26H33NO3. The van der Waals surface area contributed by atoms with Crippen molar-refractivity contribution < 1.29 is 14.4 Å². The van der Waals surface area contributed by atoms with E-state index in [0.29, 0.717) is 12.2 Å². The molecule has 0 bridgehead atoms. The Morgan fingerprint density at radius 1 is 0.967 bits per heavy atom. The standard InChI is InChI=1S/C26H33NO3/c1-8-30-24(28)19-11-9-18(10-12-19)23(27-29-7)20-16-22-21(15-17(20)2)25(3,4)13-14-26(22,5)6/h9-12,15-16H,8,13-14H2,1-7H3/b27-23+. The summed E-state index contributed by atoms with van der Waals surface area (Å²) in [6.45, 7) is 13.6. The van der Waals surface area contributed by atoms with Crippen LogP contribution in [0.5, 0.6) is 0 Å². The van der Waals surface area contributed by atoms with Gasteiger partial charge in [0.2, 0.25) is 0 Å². The van der Waals surface area contributed by atoms with E-state index in [4.69, 9.17) is 9.57 Å². The van der Waals surface area contributed by atoms with Gasteiger partial charge in [-0.3, -0.25) is 0 Å². The summed E-state index contributed by atoms with van der Waals surface area (Å²) < 4.78 is 5.09. The summed E-state index contributed by atoms with van der Waals surface area (Å²) in [6.07, 6.45) is 2.33. The van der Waals surface area contributed by atoms with Crippen molar-refractivity contribution in [1.29, 1.82) is 0 Å². The SMILES string of the molecule is CCOC(=O)c1ccc(/C(=N\OC)c2cc3c(cc2C)C(C)(C)CCC3(C)C)cc1. The molecule has 0 aromatic heterocycles. The van der Waals surface area contributed by atoms with E-state index >= 15 is 0 Å². The maximum Gasteiger partial charge on any atom is 0.338 e. The molecule has 2 aromatic carbocycles. The first-order valence-corrected chi connectivity index (χ1v) is 10.7. The number of fused-ring (bicyclic) bond motifs is 1. The topological polar surface area (TPSA) is 47.9 Å². The third-order valence-electron chi connectivity index (χ3n) is 6.30. The van der Waals surface area contributed by atoms with Crippen molar-refractivity contribution >= 4 is 11.7 Å². The van der Waals surface area contributed by atoms with Crippen molar-refractivity contribution in [2.75, 3.05) is 13.7 Å². The fraction of sp³-hybridized carbons (Fsp3) is 0.462. The van der Waals surface area contributed by atoms with Crippen molar-refractivity contribution in [1.82, 2.24) is 0 Å². The monoisotopic (exact) mass is 407 g/mol. The van der Waals surface area contributed by atoms with Crippen LogP contribution in [-0.2, 0) is 20.4 Å². The van der Waals surface area contributed by atoms with Gasteiger partial charge in [0.05, 0.1) is 12.2 Å². The minimum atomic E-state index is -0.316. The van der Waals surface area contributed by atoms with E-state index in [0.717, 1.165) is 23.3 Å². The normalized spacial score (nSPS) is 17.2. The molecule has 1 aliphatic carbocycles. The third-order valence-corrected chi connectivity index (χ3v) is 6.30. The predicted molar refractivity (Wildman–Crippen MR) is 122 cm³/mol. The van der Waals surface area contributed by atoms with E-state index in [9.17, 15) is 4.79 Å². The highest BCUT2D eigenvalue weighted by Gasteiger charge is 2.37. The smallest absolute Gasteiger partial charge is 0.338 e. The second kappa shape index (κ2) is 8.25. The Morgan fingerprint density at radius 2 is 1.50 bits per heavy atom. The van der Waals surface area contributed by atoms with E-state index in [1.165, 1.54) is 23.1 Å². The number of carbonyl (C=O) groups excluding carboxylic acids is 1. The van der Waals surface area contributed by atoms with Gasteiger partial charge in [-0.15, -0.1) is 0 Å². The Kier molecular flexibility index (Phi) is 6.07. The molecule has 0 spiro atoms. The maximum absolute atomic E-state index is 12.0. The molecule has 4 heteroatoms. The molecule has 2 aromatic rings. The van der Waals surface area contributed by atoms with E-state index in [2.05, 4.69) is 51.9 Å². The molecule has 3 rings (SSSR count). The number of benzene rings is 2. The predicted octanol–water partition coefficient (Wildman–Crippen LogP) is 5.92. The molecule has 30 heavy (non-hydrogen) atoms. The number of nitrogens with zero attached hydrogens (tertiary/aromatic N) is 1. The number of hydrogen-bond acceptors (Lipinski definition) is 4. The lowest BCUT2D eigenvalue weighted by atomic mass is 9.62. The number of rotatable bonds is 5. The van der Waals surface area contributed by atoms with Gasteiger partial charge in [0, 0.05) is 11.1 Å². The van der Waals surface area contributed by atoms with Crippen molar-refractivity contribution in [3.63, 3.8) is 0 Å². The van der Waals surface area contributed by atoms with Gasteiger partial charge in [-0.2, -0.15) is 0 Å². The summed E-state index contributed by atoms with van der Waals surface area (Å²) in [5, 5.41) is 4.37. The Morgan fingerprint density at radius 3 is 2.03 bits per heavy atom. The van der Waals surface area contributed by atoms with Crippen LogP contribution in [0.3, 0.4) is 0 Å². The van der Waals surface area contributed by atoms with Crippen LogP contribution in [0.2, 0.25) is 0 Å². The first-order chi connectivity index (χ1) is 14.1. The summed E-state index contributed by atoms with van der Waals surface area (Å²) in [4.78, 5) is 17.2. The van der Waals surface area contributed by atoms with Gasteiger partial charge < -0.3 is 9.57 Å². The average molecular weight is 408 g/mol. The molecule has 4 nitrogen and oxygen atoms in total. The second-order valence-electron chi connectivity index (χ2n) is 9.40. The zero-order chi connectivity index (χ0) is 22.1. The van der Waals surface area contributed by atoms with Crippen LogP contribution in [0.4, 0.5) is 0 Å². The molecule has 160 valence electrons. The molecule has 0 N–H and O–H groups in total. The van der Waals surface area contributed by atoms with Crippen molar-refractivity contribution in [3.8, 4) is 0 Å². The lowest BCUT2D eigenvalue weighted by Gasteiger charge is -2.42. The van der Waals surface area contributed by atoms with Gasteiger partial charge in [-0.1, -0.05) is 51.0 Å². The summed E-state index contributed by atoms with van der Waals surface area (Å²) in [7, 11) is 1.56. The van der Waals surface area contributed by atoms with Crippen LogP contribution in [0.25, 0.3) is 0 Å². The van der Waals surface area contributed by atoms with Crippen LogP contribution >= 0.6 is 0 Å². The van der Waals surface area contributed by atoms with Crippen LogP contribution in [0, 0.1) is 6.92 Å². The number of oxime groups is 1. The molecule has 0 radical (unpaired) electrons. The van der Waals surface area contributed by atoms with E-state index < -0.39 is 0 Å². The molecule has 0 heterocycles. The molecule has 0 atom stereocenters. The number of esters is 1. The van der Waals surface area contributed by atoms with Gasteiger partial charge in [0.15, 0.2) is 0 Å². The summed E-state index contributed by atoms with van der Waals surface area (Å²) >= 11 is 0. The molecule has 0 saturated carbocycles. The molecule has 1 aliphatic rings. The number of ether oxygens (including phenoxy) is 1. The fourth-order valence-corrected chi connectivity index (χ4v) is 4.30. The number of aryl methyl sites for hydroxylation is 1. The van der Waals surface area contributed by atoms with Crippen LogP contribution in [0.1, 0.15) is 85.6 Å². The Hall–Kier alpha value is -2.62. The number of carbonyl (C=O) groups is 1. The summed E-state index contributed by atoms with van der Waals surface area (Å²) in [5.41, 5.74) is 7.51. The lowest BCUT2D eigenvalue weighted by molar-refractivity contribution is 0.0526. The van der Waals surface area contributed by atoms with Gasteiger partial charge in [-0.25, -0.2) is 4.79 Å². The molecule has 0 aliphatic heterocycles. The van der Waals surface area contributed by atoms with Crippen molar-refractivity contribution in [3.05, 3.63) is 69.8 Å². The zero-order valence-electron chi connectivity index (χ0n) is 19.3. The van der Waals surface area contributed by atoms with Gasteiger partial charge >= 0.3 is 5.97 Å². The maximum atomic E-state index is 12.0. The Labute approximate surface area is 180 Å². The summed E-state index contributed by atoms with van der Waals surface area (Å²) in [5.74, 6) is -0.316. The Bertz CT molecular complexity index is 969. The highest BCUT2D eigenvalue weighted by atomic mass is 16.6. The Balaban J connectivity index is 2.10. The third kappa shape index (κ3) is 4.14. The molecule has 0 saturated heterocycles. The average Bonchev–Trinajstić information content (AvgIpc) is 2.70. The zero-order valence-corrected chi connectivity index (χ0v) is 19.3. The van der Waals surface area contributed by atoms with Crippen molar-refractivity contribution in [2.45, 2.75) is 65.2 Å². The van der Waals surface area contributed by atoms with Crippen LogP contribution in [0.15, 0.2) is 41.6 Å². The highest BCUT2D eigenvalue weighted by Crippen LogP contribution is 2.46. The molecule has 0 fully saturated rings. The summed E-state index contributed by atoms with van der Waals surface area (Å²) in [6, 6.07) is 12.0. The first-order valence-electron chi connectivity index (χ1n) is 10.7. The van der Waals surface area contributed by atoms with Crippen LogP contribution in [-0.4, -0.2) is 25.4 Å². The van der Waals surface area contributed by atoms with Crippen LogP contribution < -0.4 is 0 Å². The first kappa shape index (κ1) is 22.1. The van der Waals surface area contributed by atoms with E-state index in [1.54, 1.807) is 26.2 Å². The van der Waals surface area contributed by atoms with Gasteiger partial charge in [-0.05, 0) is 72.4 Å². The van der Waals surface area contributed by atoms with E-state index in [1.807, 2.05) is 12.1 Å².